The van der Waals surface area contributed by atoms with E-state index >= 15 is 0 Å². The van der Waals surface area contributed by atoms with Crippen LogP contribution in [0.5, 0.6) is 0 Å². The van der Waals surface area contributed by atoms with Crippen molar-refractivity contribution in [3.05, 3.63) is 12.2 Å². The fourth-order valence-electron chi connectivity index (χ4n) is 2.66. The van der Waals surface area contributed by atoms with Crippen LogP contribution in [0.25, 0.3) is 0 Å². The van der Waals surface area contributed by atoms with Gasteiger partial charge in [0.15, 0.2) is 0 Å². The van der Waals surface area contributed by atoms with Gasteiger partial charge in [-0.05, 0) is 24.8 Å². The van der Waals surface area contributed by atoms with E-state index in [2.05, 4.69) is 26.0 Å². The third-order valence-corrected chi connectivity index (χ3v) is 4.05. The van der Waals surface area contributed by atoms with Crippen molar-refractivity contribution in [1.29, 1.82) is 0 Å². The molecule has 2 bridgehead atoms. The first-order chi connectivity index (χ1) is 6.52. The second-order valence-electron chi connectivity index (χ2n) is 4.98. The molecule has 0 heterocycles. The zero-order chi connectivity index (χ0) is 10.4. The first kappa shape index (κ1) is 9.75. The van der Waals surface area contributed by atoms with Gasteiger partial charge in [0.25, 0.3) is 0 Å². The molecular formula is C12H18O2. The average molecular weight is 194 g/mol. The molecule has 0 aliphatic heterocycles. The van der Waals surface area contributed by atoms with Crippen molar-refractivity contribution in [3.8, 4) is 0 Å². The Bertz CT molecular complexity index is 291. The van der Waals surface area contributed by atoms with Gasteiger partial charge in [0.05, 0.1) is 0 Å². The predicted octanol–water partition coefficient (Wildman–Crippen LogP) is 2.68. The van der Waals surface area contributed by atoms with Gasteiger partial charge in [-0.15, -0.1) is 0 Å². The van der Waals surface area contributed by atoms with Crippen LogP contribution in [0, 0.1) is 11.3 Å². The number of carbonyl (C=O) groups is 1. The molecule has 0 aromatic rings. The average Bonchev–Trinajstić information content (AvgIpc) is 2.18. The van der Waals surface area contributed by atoms with E-state index in [1.807, 2.05) is 6.92 Å². The Labute approximate surface area is 85.3 Å². The normalized spacial score (nSPS) is 37.5. The lowest BCUT2D eigenvalue weighted by Crippen LogP contribution is -2.63. The Hall–Kier alpha value is -0.790. The van der Waals surface area contributed by atoms with Gasteiger partial charge < -0.3 is 4.74 Å². The minimum atomic E-state index is -0.289. The number of esters is 1. The van der Waals surface area contributed by atoms with Gasteiger partial charge in [-0.25, -0.2) is 0 Å². The van der Waals surface area contributed by atoms with Crippen molar-refractivity contribution < 1.29 is 9.53 Å². The Balaban J connectivity index is 2.19. The summed E-state index contributed by atoms with van der Waals surface area (Å²) < 4.78 is 5.58. The molecule has 2 unspecified atom stereocenters. The molecule has 0 aromatic heterocycles. The number of rotatable bonds is 2. The fourth-order valence-corrected chi connectivity index (χ4v) is 2.66. The van der Waals surface area contributed by atoms with E-state index in [1.165, 1.54) is 0 Å². The summed E-state index contributed by atoms with van der Waals surface area (Å²) in [6, 6.07) is 0. The highest BCUT2D eigenvalue weighted by atomic mass is 16.6. The maximum atomic E-state index is 11.3. The molecule has 0 amide bonds. The summed E-state index contributed by atoms with van der Waals surface area (Å²) in [5, 5.41) is 0. The zero-order valence-corrected chi connectivity index (χ0v) is 9.17. The quantitative estimate of drug-likeness (QED) is 0.499. The molecule has 1 fully saturated rings. The summed E-state index contributed by atoms with van der Waals surface area (Å²) in [4.78, 5) is 11.3. The summed E-state index contributed by atoms with van der Waals surface area (Å²) >= 11 is 0. The molecule has 0 radical (unpaired) electrons. The van der Waals surface area contributed by atoms with Gasteiger partial charge in [-0.3, -0.25) is 4.79 Å². The molecule has 0 spiro atoms. The molecule has 0 saturated heterocycles. The fraction of sp³-hybridized carbons (Fsp3) is 0.750. The first-order valence-corrected chi connectivity index (χ1v) is 5.41. The minimum Gasteiger partial charge on any atom is -0.454 e. The van der Waals surface area contributed by atoms with Gasteiger partial charge in [0.1, 0.15) is 5.60 Å². The van der Waals surface area contributed by atoms with Gasteiger partial charge in [0, 0.05) is 11.8 Å². The molecule has 2 nitrogen and oxygen atoms in total. The monoisotopic (exact) mass is 194 g/mol. The summed E-state index contributed by atoms with van der Waals surface area (Å²) in [6.07, 6.45) is 6.87. The highest BCUT2D eigenvalue weighted by Crippen LogP contribution is 2.61. The van der Waals surface area contributed by atoms with E-state index in [4.69, 9.17) is 4.74 Å². The van der Waals surface area contributed by atoms with Crippen LogP contribution in [0.3, 0.4) is 0 Å². The topological polar surface area (TPSA) is 26.3 Å². The predicted molar refractivity (Wildman–Crippen MR) is 54.8 cm³/mol. The van der Waals surface area contributed by atoms with E-state index in [1.54, 1.807) is 0 Å². The number of fused-ring (bicyclic) bond motifs is 1. The third-order valence-electron chi connectivity index (χ3n) is 4.05. The second-order valence-corrected chi connectivity index (χ2v) is 4.98. The summed E-state index contributed by atoms with van der Waals surface area (Å²) in [7, 11) is 0. The van der Waals surface area contributed by atoms with Crippen molar-refractivity contribution in [2.75, 3.05) is 0 Å². The Morgan fingerprint density at radius 3 is 2.79 bits per heavy atom. The van der Waals surface area contributed by atoms with Crippen LogP contribution < -0.4 is 0 Å². The zero-order valence-electron chi connectivity index (χ0n) is 9.17. The van der Waals surface area contributed by atoms with Crippen LogP contribution in [0.4, 0.5) is 0 Å². The molecule has 3 aliphatic carbocycles. The number of carbonyl (C=O) groups excluding carboxylic acids is 1. The van der Waals surface area contributed by atoms with Gasteiger partial charge in [-0.1, -0.05) is 26.8 Å². The van der Waals surface area contributed by atoms with Crippen molar-refractivity contribution in [3.63, 3.8) is 0 Å². The lowest BCUT2D eigenvalue weighted by atomic mass is 9.48. The summed E-state index contributed by atoms with van der Waals surface area (Å²) in [6.45, 7) is 6.25. The molecule has 1 saturated carbocycles. The van der Waals surface area contributed by atoms with Crippen LogP contribution in [0.1, 0.15) is 40.0 Å². The molecule has 2 atom stereocenters. The standard InChI is InChI=1S/C12H18O2/c1-4-10(13)14-12-7-5-6-9(8-12)11(12,2)3/h5,7,9H,4,6,8H2,1-3H3. The van der Waals surface area contributed by atoms with E-state index in [0.29, 0.717) is 12.3 Å². The van der Waals surface area contributed by atoms with Gasteiger partial charge in [-0.2, -0.15) is 0 Å². The van der Waals surface area contributed by atoms with E-state index in [-0.39, 0.29) is 17.0 Å². The SMILES string of the molecule is CCC(=O)OC12C=CCC(C1)C2(C)C. The summed E-state index contributed by atoms with van der Waals surface area (Å²) in [5.41, 5.74) is -0.157. The van der Waals surface area contributed by atoms with Crippen molar-refractivity contribution in [2.45, 2.75) is 45.6 Å². The van der Waals surface area contributed by atoms with Crippen LogP contribution in [0.15, 0.2) is 12.2 Å². The number of hydrogen-bond acceptors (Lipinski definition) is 2. The van der Waals surface area contributed by atoms with Crippen LogP contribution >= 0.6 is 0 Å². The van der Waals surface area contributed by atoms with Gasteiger partial charge in [0.2, 0.25) is 0 Å². The number of allylic oxidation sites excluding steroid dienone is 1. The lowest BCUT2D eigenvalue weighted by Gasteiger charge is -2.61. The van der Waals surface area contributed by atoms with E-state index in [0.717, 1.165) is 12.8 Å². The van der Waals surface area contributed by atoms with Crippen LogP contribution in [-0.2, 0) is 9.53 Å². The third kappa shape index (κ3) is 1.06. The highest BCUT2D eigenvalue weighted by Gasteiger charge is 2.62. The summed E-state index contributed by atoms with van der Waals surface area (Å²) in [5.74, 6) is 0.611. The molecule has 3 rings (SSSR count). The second kappa shape index (κ2) is 2.85. The van der Waals surface area contributed by atoms with Crippen LogP contribution in [0.2, 0.25) is 0 Å². The highest BCUT2D eigenvalue weighted by molar-refractivity contribution is 5.70. The van der Waals surface area contributed by atoms with Crippen molar-refractivity contribution in [2.24, 2.45) is 11.3 Å². The molecule has 14 heavy (non-hydrogen) atoms. The molecule has 3 aliphatic rings. The smallest absolute Gasteiger partial charge is 0.306 e. The van der Waals surface area contributed by atoms with Gasteiger partial charge >= 0.3 is 5.97 Å². The van der Waals surface area contributed by atoms with Crippen molar-refractivity contribution in [1.82, 2.24) is 0 Å². The Morgan fingerprint density at radius 2 is 2.29 bits per heavy atom. The molecule has 78 valence electrons. The van der Waals surface area contributed by atoms with E-state index < -0.39 is 0 Å². The minimum absolute atomic E-state index is 0.0805. The number of hydrogen-bond donors (Lipinski definition) is 0. The number of ether oxygens (including phenoxy) is 1. The Kier molecular flexibility index (Phi) is 1.98. The first-order valence-electron chi connectivity index (χ1n) is 5.41. The van der Waals surface area contributed by atoms with E-state index in [9.17, 15) is 4.79 Å². The van der Waals surface area contributed by atoms with Crippen molar-refractivity contribution >= 4 is 5.97 Å². The van der Waals surface area contributed by atoms with Crippen LogP contribution in [-0.4, -0.2) is 11.6 Å². The molecule has 0 aromatic carbocycles. The molecule has 0 N–H and O–H groups in total. The molecular weight excluding hydrogens is 176 g/mol. The molecule has 2 heteroatoms. The maximum Gasteiger partial charge on any atom is 0.306 e. The lowest BCUT2D eigenvalue weighted by molar-refractivity contribution is -0.208. The maximum absolute atomic E-state index is 11.3. The largest absolute Gasteiger partial charge is 0.454 e. The Morgan fingerprint density at radius 1 is 1.57 bits per heavy atom.